The highest BCUT2D eigenvalue weighted by atomic mass is 16.6. The fourth-order valence-electron chi connectivity index (χ4n) is 3.99. The normalized spacial score (nSPS) is 20.8. The van der Waals surface area contributed by atoms with Crippen LogP contribution in [-0.4, -0.2) is 34.7 Å². The molecule has 2 amide bonds. The quantitative estimate of drug-likeness (QED) is 0.701. The molecule has 0 bridgehead atoms. The number of hydrogen-bond acceptors (Lipinski definition) is 3. The van der Waals surface area contributed by atoms with Gasteiger partial charge in [-0.3, -0.25) is 4.79 Å². The Morgan fingerprint density at radius 2 is 1.93 bits per heavy atom. The number of hydrogen-bond donors (Lipinski definition) is 3. The van der Waals surface area contributed by atoms with Crippen LogP contribution in [0.25, 0.3) is 10.9 Å². The van der Waals surface area contributed by atoms with Crippen LogP contribution in [0.5, 0.6) is 0 Å². The summed E-state index contributed by atoms with van der Waals surface area (Å²) in [6, 6.07) is 7.42. The van der Waals surface area contributed by atoms with Crippen molar-refractivity contribution in [3.05, 3.63) is 36.0 Å². The predicted molar refractivity (Wildman–Crippen MR) is 115 cm³/mol. The zero-order chi connectivity index (χ0) is 21.0. The third-order valence-corrected chi connectivity index (χ3v) is 5.55. The lowest BCUT2D eigenvalue weighted by Crippen LogP contribution is -2.53. The maximum Gasteiger partial charge on any atom is 0.408 e. The van der Waals surface area contributed by atoms with E-state index in [9.17, 15) is 9.59 Å². The number of amides is 2. The van der Waals surface area contributed by atoms with Crippen molar-refractivity contribution in [2.24, 2.45) is 5.92 Å². The van der Waals surface area contributed by atoms with E-state index in [2.05, 4.69) is 22.5 Å². The number of aromatic amines is 1. The van der Waals surface area contributed by atoms with Crippen LogP contribution >= 0.6 is 0 Å². The number of aromatic nitrogens is 1. The highest BCUT2D eigenvalue weighted by Crippen LogP contribution is 2.24. The van der Waals surface area contributed by atoms with Gasteiger partial charge in [-0.2, -0.15) is 0 Å². The second-order valence-electron chi connectivity index (χ2n) is 9.14. The monoisotopic (exact) mass is 399 g/mol. The summed E-state index contributed by atoms with van der Waals surface area (Å²) in [6.07, 6.45) is 6.18. The maximum absolute atomic E-state index is 13.1. The second-order valence-corrected chi connectivity index (χ2v) is 9.14. The molecule has 0 radical (unpaired) electrons. The fourth-order valence-corrected chi connectivity index (χ4v) is 3.99. The minimum atomic E-state index is -0.696. The van der Waals surface area contributed by atoms with Gasteiger partial charge in [0.15, 0.2) is 0 Å². The standard InChI is InChI=1S/C23H33N3O3/c1-15-9-5-7-11-18(15)25-21(27)20(26-22(28)29-23(2,3)4)13-16-14-24-19-12-8-6-10-17(16)19/h6,8,10,12,14-15,18,20,24H,5,7,9,11,13H2,1-4H3,(H,25,27)(H,26,28)/t15-,18-,20+/m1/s1. The van der Waals surface area contributed by atoms with Crippen molar-refractivity contribution in [3.8, 4) is 0 Å². The number of alkyl carbamates (subject to hydrolysis) is 1. The molecule has 1 aromatic carbocycles. The van der Waals surface area contributed by atoms with E-state index < -0.39 is 17.7 Å². The minimum absolute atomic E-state index is 0.153. The summed E-state index contributed by atoms with van der Waals surface area (Å²) in [4.78, 5) is 28.8. The molecule has 0 spiro atoms. The average Bonchev–Trinajstić information content (AvgIpc) is 3.04. The number of fused-ring (bicyclic) bond motifs is 1. The van der Waals surface area contributed by atoms with E-state index in [0.29, 0.717) is 12.3 Å². The van der Waals surface area contributed by atoms with Gasteiger partial charge < -0.3 is 20.4 Å². The number of benzene rings is 1. The smallest absolute Gasteiger partial charge is 0.408 e. The van der Waals surface area contributed by atoms with Crippen LogP contribution in [0.4, 0.5) is 4.79 Å². The molecule has 1 aliphatic rings. The van der Waals surface area contributed by atoms with Gasteiger partial charge in [0.25, 0.3) is 0 Å². The maximum atomic E-state index is 13.1. The van der Waals surface area contributed by atoms with Crippen molar-refractivity contribution in [1.29, 1.82) is 0 Å². The van der Waals surface area contributed by atoms with E-state index in [1.807, 2.05) is 51.2 Å². The first-order chi connectivity index (χ1) is 13.7. The highest BCUT2D eigenvalue weighted by molar-refractivity contribution is 5.88. The second kappa shape index (κ2) is 8.89. The van der Waals surface area contributed by atoms with Gasteiger partial charge in [0.1, 0.15) is 11.6 Å². The van der Waals surface area contributed by atoms with Crippen LogP contribution in [0.1, 0.15) is 58.9 Å². The topological polar surface area (TPSA) is 83.2 Å². The molecule has 1 heterocycles. The van der Waals surface area contributed by atoms with Gasteiger partial charge in [-0.05, 0) is 51.2 Å². The Morgan fingerprint density at radius 3 is 2.66 bits per heavy atom. The number of ether oxygens (including phenoxy) is 1. The summed E-state index contributed by atoms with van der Waals surface area (Å²) in [7, 11) is 0. The Kier molecular flexibility index (Phi) is 6.50. The number of carbonyl (C=O) groups is 2. The van der Waals surface area contributed by atoms with Gasteiger partial charge in [-0.25, -0.2) is 4.79 Å². The number of para-hydroxylation sites is 1. The van der Waals surface area contributed by atoms with Crippen LogP contribution in [0.2, 0.25) is 0 Å². The van der Waals surface area contributed by atoms with Gasteiger partial charge in [0.2, 0.25) is 5.91 Å². The molecule has 0 unspecified atom stereocenters. The number of H-pyrrole nitrogens is 1. The van der Waals surface area contributed by atoms with E-state index in [0.717, 1.165) is 35.7 Å². The Morgan fingerprint density at radius 1 is 1.21 bits per heavy atom. The zero-order valence-corrected chi connectivity index (χ0v) is 17.9. The van der Waals surface area contributed by atoms with Crippen molar-refractivity contribution >= 4 is 22.9 Å². The van der Waals surface area contributed by atoms with E-state index in [1.165, 1.54) is 6.42 Å². The van der Waals surface area contributed by atoms with Crippen LogP contribution in [-0.2, 0) is 16.0 Å². The summed E-state index contributed by atoms with van der Waals surface area (Å²) >= 11 is 0. The third kappa shape index (κ3) is 5.75. The Bertz CT molecular complexity index is 852. The van der Waals surface area contributed by atoms with E-state index in [4.69, 9.17) is 4.74 Å². The lowest BCUT2D eigenvalue weighted by Gasteiger charge is -2.31. The van der Waals surface area contributed by atoms with Crippen LogP contribution < -0.4 is 10.6 Å². The molecular formula is C23H33N3O3. The molecule has 29 heavy (non-hydrogen) atoms. The van der Waals surface area contributed by atoms with Crippen LogP contribution in [0.15, 0.2) is 30.5 Å². The lowest BCUT2D eigenvalue weighted by atomic mass is 9.85. The summed E-state index contributed by atoms with van der Waals surface area (Å²) in [5, 5.41) is 7.03. The van der Waals surface area contributed by atoms with Crippen molar-refractivity contribution in [1.82, 2.24) is 15.6 Å². The predicted octanol–water partition coefficient (Wildman–Crippen LogP) is 4.30. The molecule has 6 nitrogen and oxygen atoms in total. The molecule has 1 saturated carbocycles. The zero-order valence-electron chi connectivity index (χ0n) is 17.9. The Hall–Kier alpha value is -2.50. The number of rotatable bonds is 5. The summed E-state index contributed by atoms with van der Waals surface area (Å²) < 4.78 is 5.40. The molecule has 1 fully saturated rings. The first-order valence-electron chi connectivity index (χ1n) is 10.6. The minimum Gasteiger partial charge on any atom is -0.444 e. The first kappa shape index (κ1) is 21.2. The highest BCUT2D eigenvalue weighted by Gasteiger charge is 2.29. The SMILES string of the molecule is C[C@@H]1CCCC[C@H]1NC(=O)[C@H](Cc1c[nH]c2ccccc12)NC(=O)OC(C)(C)C. The van der Waals surface area contributed by atoms with Gasteiger partial charge in [-0.15, -0.1) is 0 Å². The van der Waals surface area contributed by atoms with E-state index >= 15 is 0 Å². The molecule has 158 valence electrons. The molecule has 3 N–H and O–H groups in total. The van der Waals surface area contributed by atoms with Crippen molar-refractivity contribution in [2.45, 2.75) is 77.5 Å². The van der Waals surface area contributed by atoms with Crippen molar-refractivity contribution < 1.29 is 14.3 Å². The van der Waals surface area contributed by atoms with Crippen LogP contribution in [0.3, 0.4) is 0 Å². The summed E-state index contributed by atoms with van der Waals surface area (Å²) in [5.41, 5.74) is 1.39. The molecule has 6 heteroatoms. The molecule has 3 rings (SSSR count). The summed E-state index contributed by atoms with van der Waals surface area (Å²) in [6.45, 7) is 7.61. The number of carbonyl (C=O) groups excluding carboxylic acids is 2. The number of nitrogens with one attached hydrogen (secondary N) is 3. The average molecular weight is 400 g/mol. The molecule has 0 saturated heterocycles. The molecule has 1 aliphatic carbocycles. The van der Waals surface area contributed by atoms with Gasteiger partial charge >= 0.3 is 6.09 Å². The molecule has 2 aromatic rings. The van der Waals surface area contributed by atoms with Gasteiger partial charge in [0.05, 0.1) is 0 Å². The van der Waals surface area contributed by atoms with E-state index in [1.54, 1.807) is 0 Å². The first-order valence-corrected chi connectivity index (χ1v) is 10.6. The third-order valence-electron chi connectivity index (χ3n) is 5.55. The fraction of sp³-hybridized carbons (Fsp3) is 0.565. The van der Waals surface area contributed by atoms with Crippen molar-refractivity contribution in [2.75, 3.05) is 0 Å². The Labute approximate surface area is 172 Å². The lowest BCUT2D eigenvalue weighted by molar-refractivity contribution is -0.124. The molecular weight excluding hydrogens is 366 g/mol. The largest absolute Gasteiger partial charge is 0.444 e. The molecule has 1 aromatic heterocycles. The molecule has 0 aliphatic heterocycles. The van der Waals surface area contributed by atoms with Crippen LogP contribution in [0, 0.1) is 5.92 Å². The summed E-state index contributed by atoms with van der Waals surface area (Å²) in [5.74, 6) is 0.294. The van der Waals surface area contributed by atoms with Gasteiger partial charge in [-0.1, -0.05) is 38.0 Å². The van der Waals surface area contributed by atoms with Gasteiger partial charge in [0, 0.05) is 29.6 Å². The van der Waals surface area contributed by atoms with E-state index in [-0.39, 0.29) is 11.9 Å². The molecule has 3 atom stereocenters. The van der Waals surface area contributed by atoms with Crippen molar-refractivity contribution in [3.63, 3.8) is 0 Å². The Balaban J connectivity index is 1.76.